The van der Waals surface area contributed by atoms with E-state index in [-0.39, 0.29) is 12.3 Å². The molecule has 5 heteroatoms. The van der Waals surface area contributed by atoms with Gasteiger partial charge in [-0.25, -0.2) is 0 Å². The second kappa shape index (κ2) is 8.43. The molecule has 1 aromatic heterocycles. The number of carbonyl (C=O) groups is 1. The molecule has 1 unspecified atom stereocenters. The summed E-state index contributed by atoms with van der Waals surface area (Å²) in [5.41, 5.74) is 2.18. The molecule has 2 heterocycles. The van der Waals surface area contributed by atoms with Crippen LogP contribution in [0.3, 0.4) is 0 Å². The van der Waals surface area contributed by atoms with E-state index in [0.717, 1.165) is 30.8 Å². The Morgan fingerprint density at radius 3 is 2.85 bits per heavy atom. The second-order valence-electron chi connectivity index (χ2n) is 7.24. The quantitative estimate of drug-likeness (QED) is 0.837. The Morgan fingerprint density at radius 2 is 2.08 bits per heavy atom. The number of hydrogen-bond acceptors (Lipinski definition) is 4. The van der Waals surface area contributed by atoms with Gasteiger partial charge in [0.05, 0.1) is 24.3 Å². The molecular weight excluding hydrogens is 326 g/mol. The first-order valence-corrected chi connectivity index (χ1v) is 9.20. The van der Waals surface area contributed by atoms with Crippen molar-refractivity contribution in [1.29, 1.82) is 0 Å². The maximum Gasteiger partial charge on any atom is 0.223 e. The number of nitrogens with zero attached hydrogens (tertiary/aromatic N) is 2. The average molecular weight is 353 g/mol. The Hall–Kier alpha value is -2.24. The number of aryl methyl sites for hydroxylation is 1. The van der Waals surface area contributed by atoms with E-state index in [9.17, 15) is 9.90 Å². The molecule has 1 aliphatic heterocycles. The second-order valence-corrected chi connectivity index (χ2v) is 7.24. The zero-order chi connectivity index (χ0) is 18.4. The minimum Gasteiger partial charge on any atom is -0.388 e. The van der Waals surface area contributed by atoms with Crippen molar-refractivity contribution in [1.82, 2.24) is 15.2 Å². The number of amides is 1. The SMILES string of the molecule is Cc1cccnc1CNC(=O)CC1(O)CCCN(Cc2ccccc2)C1. The van der Waals surface area contributed by atoms with Crippen molar-refractivity contribution in [2.75, 3.05) is 13.1 Å². The molecule has 0 radical (unpaired) electrons. The lowest BCUT2D eigenvalue weighted by Crippen LogP contribution is -2.50. The highest BCUT2D eigenvalue weighted by Gasteiger charge is 2.35. The smallest absolute Gasteiger partial charge is 0.223 e. The van der Waals surface area contributed by atoms with Gasteiger partial charge in [0.15, 0.2) is 0 Å². The molecule has 138 valence electrons. The van der Waals surface area contributed by atoms with Gasteiger partial charge in [0.2, 0.25) is 5.91 Å². The summed E-state index contributed by atoms with van der Waals surface area (Å²) in [7, 11) is 0. The van der Waals surface area contributed by atoms with Crippen LogP contribution >= 0.6 is 0 Å². The van der Waals surface area contributed by atoms with Crippen LogP contribution in [0.25, 0.3) is 0 Å². The third kappa shape index (κ3) is 5.13. The van der Waals surface area contributed by atoms with Gasteiger partial charge >= 0.3 is 0 Å². The number of β-amino-alcohol motifs (C(OH)–C–C–N with tert-alkyl or cyclic N) is 1. The number of piperidine rings is 1. The van der Waals surface area contributed by atoms with E-state index in [1.165, 1.54) is 5.56 Å². The lowest BCUT2D eigenvalue weighted by molar-refractivity contribution is -0.129. The number of nitrogens with one attached hydrogen (secondary N) is 1. The molecule has 3 rings (SSSR count). The van der Waals surface area contributed by atoms with Crippen molar-refractivity contribution in [3.63, 3.8) is 0 Å². The van der Waals surface area contributed by atoms with E-state index >= 15 is 0 Å². The van der Waals surface area contributed by atoms with Gasteiger partial charge in [0.25, 0.3) is 0 Å². The summed E-state index contributed by atoms with van der Waals surface area (Å²) in [5.74, 6) is -0.126. The van der Waals surface area contributed by atoms with E-state index in [2.05, 4.69) is 27.3 Å². The molecule has 1 atom stereocenters. The van der Waals surface area contributed by atoms with Gasteiger partial charge in [0.1, 0.15) is 0 Å². The predicted octanol–water partition coefficient (Wildman–Crippen LogP) is 2.42. The van der Waals surface area contributed by atoms with Gasteiger partial charge < -0.3 is 10.4 Å². The Kier molecular flexibility index (Phi) is 6.01. The van der Waals surface area contributed by atoms with Crippen LogP contribution in [0.4, 0.5) is 0 Å². The van der Waals surface area contributed by atoms with E-state index in [1.54, 1.807) is 6.20 Å². The molecule has 0 bridgehead atoms. The third-order valence-corrected chi connectivity index (χ3v) is 4.94. The zero-order valence-electron chi connectivity index (χ0n) is 15.3. The molecule has 1 aromatic carbocycles. The van der Waals surface area contributed by atoms with Crippen LogP contribution in [0.15, 0.2) is 48.7 Å². The molecular formula is C21H27N3O2. The fourth-order valence-corrected chi connectivity index (χ4v) is 3.57. The largest absolute Gasteiger partial charge is 0.388 e. The normalized spacial score (nSPS) is 20.7. The number of carbonyl (C=O) groups excluding carboxylic acids is 1. The molecule has 2 aromatic rings. The highest BCUT2D eigenvalue weighted by molar-refractivity contribution is 5.77. The van der Waals surface area contributed by atoms with Crippen LogP contribution in [-0.4, -0.2) is 39.6 Å². The number of aromatic nitrogens is 1. The van der Waals surface area contributed by atoms with E-state index in [1.807, 2.05) is 37.3 Å². The van der Waals surface area contributed by atoms with E-state index in [0.29, 0.717) is 19.5 Å². The summed E-state index contributed by atoms with van der Waals surface area (Å²) in [6, 6.07) is 14.1. The van der Waals surface area contributed by atoms with Crippen molar-refractivity contribution >= 4 is 5.91 Å². The molecule has 1 fully saturated rings. The zero-order valence-corrected chi connectivity index (χ0v) is 15.3. The Bertz CT molecular complexity index is 735. The molecule has 26 heavy (non-hydrogen) atoms. The van der Waals surface area contributed by atoms with Crippen LogP contribution < -0.4 is 5.32 Å². The van der Waals surface area contributed by atoms with Crippen LogP contribution in [0.1, 0.15) is 36.1 Å². The van der Waals surface area contributed by atoms with Crippen LogP contribution in [0, 0.1) is 6.92 Å². The molecule has 0 spiro atoms. The highest BCUT2D eigenvalue weighted by Crippen LogP contribution is 2.25. The van der Waals surface area contributed by atoms with Gasteiger partial charge in [0, 0.05) is 19.3 Å². The molecule has 1 aliphatic rings. The van der Waals surface area contributed by atoms with Crippen molar-refractivity contribution in [2.45, 2.75) is 44.9 Å². The minimum atomic E-state index is -0.962. The number of pyridine rings is 1. The molecule has 5 nitrogen and oxygen atoms in total. The average Bonchev–Trinajstić information content (AvgIpc) is 2.61. The third-order valence-electron chi connectivity index (χ3n) is 4.94. The lowest BCUT2D eigenvalue weighted by atomic mass is 9.89. The highest BCUT2D eigenvalue weighted by atomic mass is 16.3. The number of rotatable bonds is 6. The first kappa shape index (κ1) is 18.5. The summed E-state index contributed by atoms with van der Waals surface area (Å²) in [5, 5.41) is 13.8. The molecule has 1 amide bonds. The van der Waals surface area contributed by atoms with Crippen LogP contribution in [0.2, 0.25) is 0 Å². The first-order chi connectivity index (χ1) is 12.5. The topological polar surface area (TPSA) is 65.5 Å². The van der Waals surface area contributed by atoms with Gasteiger partial charge in [-0.2, -0.15) is 0 Å². The minimum absolute atomic E-state index is 0.126. The van der Waals surface area contributed by atoms with Gasteiger partial charge in [-0.15, -0.1) is 0 Å². The molecule has 0 aliphatic carbocycles. The fourth-order valence-electron chi connectivity index (χ4n) is 3.57. The number of aliphatic hydroxyl groups is 1. The Balaban J connectivity index is 1.52. The Labute approximate surface area is 155 Å². The summed E-state index contributed by atoms with van der Waals surface area (Å²) in [4.78, 5) is 18.9. The van der Waals surface area contributed by atoms with E-state index in [4.69, 9.17) is 0 Å². The maximum atomic E-state index is 12.3. The maximum absolute atomic E-state index is 12.3. The van der Waals surface area contributed by atoms with Crippen LogP contribution in [-0.2, 0) is 17.9 Å². The molecule has 2 N–H and O–H groups in total. The van der Waals surface area contributed by atoms with Gasteiger partial charge in [-0.3, -0.25) is 14.7 Å². The Morgan fingerprint density at radius 1 is 1.27 bits per heavy atom. The summed E-state index contributed by atoms with van der Waals surface area (Å²) in [6.45, 7) is 4.65. The van der Waals surface area contributed by atoms with Crippen molar-refractivity contribution in [2.24, 2.45) is 0 Å². The summed E-state index contributed by atoms with van der Waals surface area (Å²) < 4.78 is 0. The monoisotopic (exact) mass is 353 g/mol. The number of hydrogen-bond donors (Lipinski definition) is 2. The number of benzene rings is 1. The summed E-state index contributed by atoms with van der Waals surface area (Å²) in [6.07, 6.45) is 3.42. The standard InChI is InChI=1S/C21H27N3O2/c1-17-7-5-11-22-19(17)14-23-20(25)13-21(26)10-6-12-24(16-21)15-18-8-3-2-4-9-18/h2-5,7-9,11,26H,6,10,12-16H2,1H3,(H,23,25). The number of likely N-dealkylation sites (tertiary alicyclic amines) is 1. The van der Waals surface area contributed by atoms with Crippen LogP contribution in [0.5, 0.6) is 0 Å². The fraction of sp³-hybridized carbons (Fsp3) is 0.429. The van der Waals surface area contributed by atoms with E-state index < -0.39 is 5.60 Å². The van der Waals surface area contributed by atoms with Crippen molar-refractivity contribution in [3.8, 4) is 0 Å². The lowest BCUT2D eigenvalue weighted by Gasteiger charge is -2.39. The van der Waals surface area contributed by atoms with Crippen molar-refractivity contribution < 1.29 is 9.90 Å². The summed E-state index contributed by atoms with van der Waals surface area (Å²) >= 11 is 0. The van der Waals surface area contributed by atoms with Gasteiger partial charge in [-0.05, 0) is 43.5 Å². The van der Waals surface area contributed by atoms with Crippen molar-refractivity contribution in [3.05, 3.63) is 65.5 Å². The predicted molar refractivity (Wildman–Crippen MR) is 101 cm³/mol. The molecule has 0 saturated carbocycles. The molecule has 1 saturated heterocycles. The first-order valence-electron chi connectivity index (χ1n) is 9.20. The van der Waals surface area contributed by atoms with Gasteiger partial charge in [-0.1, -0.05) is 36.4 Å².